The van der Waals surface area contributed by atoms with E-state index in [4.69, 9.17) is 21.1 Å². The van der Waals surface area contributed by atoms with Crippen LogP contribution in [-0.4, -0.2) is 37.5 Å². The van der Waals surface area contributed by atoms with Crippen LogP contribution in [0.2, 0.25) is 5.02 Å². The van der Waals surface area contributed by atoms with Gasteiger partial charge in [-0.25, -0.2) is 0 Å². The Morgan fingerprint density at radius 2 is 2.35 bits per heavy atom. The molecule has 4 nitrogen and oxygen atoms in total. The summed E-state index contributed by atoms with van der Waals surface area (Å²) in [6, 6.07) is 7.70. The summed E-state index contributed by atoms with van der Waals surface area (Å²) >= 11 is 6.00. The van der Waals surface area contributed by atoms with Gasteiger partial charge in [0.15, 0.2) is 0 Å². The highest BCUT2D eigenvalue weighted by Crippen LogP contribution is 2.27. The third kappa shape index (κ3) is 2.59. The molecule has 1 unspecified atom stereocenters. The fraction of sp³-hybridized carbons (Fsp3) is 0.400. The van der Waals surface area contributed by atoms with Gasteiger partial charge in [-0.05, 0) is 24.3 Å². The van der Waals surface area contributed by atoms with Crippen LogP contribution in [-0.2, 0) is 9.47 Å². The summed E-state index contributed by atoms with van der Waals surface area (Å²) in [6.45, 7) is 2.10. The average molecular weight is 293 g/mol. The van der Waals surface area contributed by atoms with E-state index in [-0.39, 0.29) is 5.60 Å². The van der Waals surface area contributed by atoms with Crippen LogP contribution in [0.3, 0.4) is 0 Å². The number of nitrogens with one attached hydrogen (secondary N) is 1. The van der Waals surface area contributed by atoms with Gasteiger partial charge in [0.25, 0.3) is 0 Å². The number of fused-ring (bicyclic) bond motifs is 1. The Morgan fingerprint density at radius 3 is 3.10 bits per heavy atom. The molecule has 1 aromatic carbocycles. The summed E-state index contributed by atoms with van der Waals surface area (Å²) < 4.78 is 11.1. The molecule has 1 N–H and O–H groups in total. The van der Waals surface area contributed by atoms with E-state index in [9.17, 15) is 0 Å². The predicted octanol–water partition coefficient (Wildman–Crippen LogP) is 3.11. The lowest BCUT2D eigenvalue weighted by atomic mass is 10.0. The second-order valence-electron chi connectivity index (χ2n) is 5.06. The van der Waals surface area contributed by atoms with Gasteiger partial charge in [0.2, 0.25) is 0 Å². The summed E-state index contributed by atoms with van der Waals surface area (Å²) in [4.78, 5) is 4.34. The van der Waals surface area contributed by atoms with Crippen molar-refractivity contribution < 1.29 is 9.47 Å². The van der Waals surface area contributed by atoms with Gasteiger partial charge in [0.05, 0.1) is 12.1 Å². The quantitative estimate of drug-likeness (QED) is 0.940. The lowest BCUT2D eigenvalue weighted by Gasteiger charge is -2.26. The number of ether oxygens (including phenoxy) is 2. The molecule has 2 heterocycles. The van der Waals surface area contributed by atoms with Crippen molar-refractivity contribution in [1.29, 1.82) is 0 Å². The fourth-order valence-electron chi connectivity index (χ4n) is 2.49. The first-order valence-corrected chi connectivity index (χ1v) is 7.01. The number of rotatable bonds is 4. The molecule has 1 aliphatic heterocycles. The molecule has 2 aromatic rings. The second kappa shape index (κ2) is 5.56. The van der Waals surface area contributed by atoms with E-state index in [0.717, 1.165) is 29.6 Å². The Hall–Kier alpha value is -1.36. The van der Waals surface area contributed by atoms with Gasteiger partial charge < -0.3 is 14.8 Å². The maximum atomic E-state index is 6.00. The SMILES string of the molecule is COC1(CNc2ccnc3cc(Cl)ccc23)CCOC1. The van der Waals surface area contributed by atoms with Gasteiger partial charge in [-0.15, -0.1) is 0 Å². The Balaban J connectivity index is 1.84. The maximum Gasteiger partial charge on any atom is 0.110 e. The first-order chi connectivity index (χ1) is 9.72. The summed E-state index contributed by atoms with van der Waals surface area (Å²) in [6.07, 6.45) is 2.69. The highest BCUT2D eigenvalue weighted by Gasteiger charge is 2.34. The molecule has 0 saturated carbocycles. The third-order valence-corrected chi connectivity index (χ3v) is 4.04. The molecule has 1 aliphatic rings. The normalized spacial score (nSPS) is 22.3. The molecule has 1 fully saturated rings. The molecule has 1 atom stereocenters. The molecular formula is C15H17ClN2O2. The van der Waals surface area contributed by atoms with Crippen molar-refractivity contribution in [2.45, 2.75) is 12.0 Å². The first kappa shape index (κ1) is 13.6. The van der Waals surface area contributed by atoms with Gasteiger partial charge in [-0.2, -0.15) is 0 Å². The fourth-order valence-corrected chi connectivity index (χ4v) is 2.66. The lowest BCUT2D eigenvalue weighted by Crippen LogP contribution is -2.39. The number of aromatic nitrogens is 1. The van der Waals surface area contributed by atoms with E-state index in [1.165, 1.54) is 0 Å². The van der Waals surface area contributed by atoms with Crippen molar-refractivity contribution in [3.63, 3.8) is 0 Å². The number of hydrogen-bond acceptors (Lipinski definition) is 4. The zero-order valence-corrected chi connectivity index (χ0v) is 12.1. The monoisotopic (exact) mass is 292 g/mol. The summed E-state index contributed by atoms with van der Waals surface area (Å²) in [5.41, 5.74) is 1.69. The van der Waals surface area contributed by atoms with Crippen LogP contribution in [0.4, 0.5) is 5.69 Å². The highest BCUT2D eigenvalue weighted by atomic mass is 35.5. The minimum absolute atomic E-state index is 0.234. The number of halogens is 1. The Bertz CT molecular complexity index is 612. The van der Waals surface area contributed by atoms with Crippen LogP contribution in [0.25, 0.3) is 10.9 Å². The van der Waals surface area contributed by atoms with Gasteiger partial charge in [0.1, 0.15) is 5.60 Å². The predicted molar refractivity (Wildman–Crippen MR) is 80.4 cm³/mol. The Labute approximate surface area is 123 Å². The van der Waals surface area contributed by atoms with Crippen molar-refractivity contribution in [2.75, 3.05) is 32.2 Å². The number of benzene rings is 1. The largest absolute Gasteiger partial charge is 0.381 e. The smallest absolute Gasteiger partial charge is 0.110 e. The molecule has 0 aliphatic carbocycles. The highest BCUT2D eigenvalue weighted by molar-refractivity contribution is 6.31. The molecule has 0 amide bonds. The van der Waals surface area contributed by atoms with Crippen LogP contribution in [0.1, 0.15) is 6.42 Å². The summed E-state index contributed by atoms with van der Waals surface area (Å²) in [5.74, 6) is 0. The topological polar surface area (TPSA) is 43.4 Å². The van der Waals surface area contributed by atoms with Crippen LogP contribution in [0, 0.1) is 0 Å². The van der Waals surface area contributed by atoms with Gasteiger partial charge in [0, 0.05) is 49.0 Å². The first-order valence-electron chi connectivity index (χ1n) is 6.63. The third-order valence-electron chi connectivity index (χ3n) is 3.81. The molecule has 0 radical (unpaired) electrons. The zero-order chi connectivity index (χ0) is 14.0. The van der Waals surface area contributed by atoms with Crippen LogP contribution in [0.15, 0.2) is 30.5 Å². The van der Waals surface area contributed by atoms with E-state index in [1.54, 1.807) is 13.3 Å². The van der Waals surface area contributed by atoms with E-state index < -0.39 is 0 Å². The summed E-state index contributed by atoms with van der Waals surface area (Å²) in [7, 11) is 1.74. The van der Waals surface area contributed by atoms with E-state index >= 15 is 0 Å². The minimum Gasteiger partial charge on any atom is -0.381 e. The lowest BCUT2D eigenvalue weighted by molar-refractivity contribution is -0.00618. The molecule has 3 rings (SSSR count). The number of pyridine rings is 1. The molecule has 0 bridgehead atoms. The molecular weight excluding hydrogens is 276 g/mol. The van der Waals surface area contributed by atoms with Crippen LogP contribution >= 0.6 is 11.6 Å². The Morgan fingerprint density at radius 1 is 1.45 bits per heavy atom. The van der Waals surface area contributed by atoms with Gasteiger partial charge >= 0.3 is 0 Å². The zero-order valence-electron chi connectivity index (χ0n) is 11.4. The minimum atomic E-state index is -0.234. The second-order valence-corrected chi connectivity index (χ2v) is 5.50. The van der Waals surface area contributed by atoms with Crippen LogP contribution < -0.4 is 5.32 Å². The molecule has 20 heavy (non-hydrogen) atoms. The summed E-state index contributed by atoms with van der Waals surface area (Å²) in [5, 5.41) is 5.20. The molecule has 106 valence electrons. The van der Waals surface area contributed by atoms with Gasteiger partial charge in [-0.1, -0.05) is 11.6 Å². The number of nitrogens with zero attached hydrogens (tertiary/aromatic N) is 1. The number of anilines is 1. The number of hydrogen-bond donors (Lipinski definition) is 1. The van der Waals surface area contributed by atoms with Crippen LogP contribution in [0.5, 0.6) is 0 Å². The Kier molecular flexibility index (Phi) is 3.78. The van der Waals surface area contributed by atoms with Crippen molar-refractivity contribution in [3.8, 4) is 0 Å². The molecule has 0 spiro atoms. The maximum absolute atomic E-state index is 6.00. The molecule has 1 saturated heterocycles. The average Bonchev–Trinajstić information content (AvgIpc) is 2.94. The standard InChI is InChI=1S/C15H17ClN2O2/c1-19-15(5-7-20-10-15)9-18-13-4-6-17-14-8-11(16)2-3-12(13)14/h2-4,6,8H,5,7,9-10H2,1H3,(H,17,18). The molecule has 1 aromatic heterocycles. The molecule has 5 heteroatoms. The number of methoxy groups -OCH3 is 1. The van der Waals surface area contributed by atoms with Crippen molar-refractivity contribution in [2.24, 2.45) is 0 Å². The van der Waals surface area contributed by atoms with E-state index in [0.29, 0.717) is 18.2 Å². The van der Waals surface area contributed by atoms with Crippen molar-refractivity contribution in [3.05, 3.63) is 35.5 Å². The van der Waals surface area contributed by atoms with Crippen molar-refractivity contribution in [1.82, 2.24) is 4.98 Å². The van der Waals surface area contributed by atoms with Crippen molar-refractivity contribution >= 4 is 28.2 Å². The van der Waals surface area contributed by atoms with Gasteiger partial charge in [-0.3, -0.25) is 4.98 Å². The van der Waals surface area contributed by atoms with E-state index in [2.05, 4.69) is 10.3 Å². The van der Waals surface area contributed by atoms with E-state index in [1.807, 2.05) is 24.3 Å².